The SMILES string of the molecule is CC[C@@H](N)C(=O)N1CCC[C@H](C)C1. The quantitative estimate of drug-likeness (QED) is 0.695. The summed E-state index contributed by atoms with van der Waals surface area (Å²) in [5.74, 6) is 0.774. The van der Waals surface area contributed by atoms with E-state index in [1.807, 2.05) is 11.8 Å². The molecule has 0 radical (unpaired) electrons. The van der Waals surface area contributed by atoms with Crippen LogP contribution in [0.5, 0.6) is 0 Å². The van der Waals surface area contributed by atoms with Crippen LogP contribution >= 0.6 is 0 Å². The fraction of sp³-hybridized carbons (Fsp3) is 0.900. The third kappa shape index (κ3) is 2.69. The highest BCUT2D eigenvalue weighted by Crippen LogP contribution is 2.16. The molecular weight excluding hydrogens is 164 g/mol. The first-order valence-corrected chi connectivity index (χ1v) is 5.19. The zero-order valence-electron chi connectivity index (χ0n) is 8.62. The van der Waals surface area contributed by atoms with E-state index in [0.29, 0.717) is 5.92 Å². The van der Waals surface area contributed by atoms with Gasteiger partial charge in [-0.2, -0.15) is 0 Å². The zero-order chi connectivity index (χ0) is 9.84. The van der Waals surface area contributed by atoms with Crippen LogP contribution in [-0.4, -0.2) is 29.9 Å². The van der Waals surface area contributed by atoms with E-state index < -0.39 is 0 Å². The molecule has 1 fully saturated rings. The fourth-order valence-corrected chi connectivity index (χ4v) is 1.80. The maximum absolute atomic E-state index is 11.7. The molecule has 0 bridgehead atoms. The molecule has 0 aromatic rings. The molecule has 0 saturated carbocycles. The van der Waals surface area contributed by atoms with Gasteiger partial charge in [-0.25, -0.2) is 0 Å². The van der Waals surface area contributed by atoms with Gasteiger partial charge < -0.3 is 10.6 Å². The molecule has 1 heterocycles. The fourth-order valence-electron chi connectivity index (χ4n) is 1.80. The molecule has 76 valence electrons. The largest absolute Gasteiger partial charge is 0.341 e. The number of likely N-dealkylation sites (tertiary alicyclic amines) is 1. The number of piperidine rings is 1. The molecule has 1 rings (SSSR count). The number of hydrogen-bond donors (Lipinski definition) is 1. The Labute approximate surface area is 80.3 Å². The molecule has 2 N–H and O–H groups in total. The Morgan fingerprint density at radius 1 is 1.69 bits per heavy atom. The van der Waals surface area contributed by atoms with Crippen molar-refractivity contribution < 1.29 is 4.79 Å². The van der Waals surface area contributed by atoms with E-state index in [1.54, 1.807) is 0 Å². The third-order valence-corrected chi connectivity index (χ3v) is 2.73. The number of hydrogen-bond acceptors (Lipinski definition) is 2. The molecule has 1 saturated heterocycles. The third-order valence-electron chi connectivity index (χ3n) is 2.73. The Hall–Kier alpha value is -0.570. The second kappa shape index (κ2) is 4.61. The van der Waals surface area contributed by atoms with Crippen LogP contribution in [-0.2, 0) is 4.79 Å². The highest BCUT2D eigenvalue weighted by molar-refractivity contribution is 5.81. The lowest BCUT2D eigenvalue weighted by Crippen LogP contribution is -2.47. The standard InChI is InChI=1S/C10H20N2O/c1-3-9(11)10(13)12-6-4-5-8(2)7-12/h8-9H,3-7,11H2,1-2H3/t8-,9+/m0/s1. The van der Waals surface area contributed by atoms with Gasteiger partial charge in [0.25, 0.3) is 0 Å². The van der Waals surface area contributed by atoms with E-state index in [2.05, 4.69) is 6.92 Å². The van der Waals surface area contributed by atoms with E-state index in [9.17, 15) is 4.79 Å². The van der Waals surface area contributed by atoms with Crippen molar-refractivity contribution in [2.45, 2.75) is 39.2 Å². The van der Waals surface area contributed by atoms with Gasteiger partial charge in [-0.1, -0.05) is 13.8 Å². The zero-order valence-corrected chi connectivity index (χ0v) is 8.62. The van der Waals surface area contributed by atoms with Crippen molar-refractivity contribution in [3.05, 3.63) is 0 Å². The average Bonchev–Trinajstić information content (AvgIpc) is 2.15. The summed E-state index contributed by atoms with van der Waals surface area (Å²) >= 11 is 0. The van der Waals surface area contributed by atoms with Gasteiger partial charge in [-0.05, 0) is 25.2 Å². The van der Waals surface area contributed by atoms with Crippen LogP contribution in [0.2, 0.25) is 0 Å². The average molecular weight is 184 g/mol. The lowest BCUT2D eigenvalue weighted by molar-refractivity contribution is -0.134. The minimum atomic E-state index is -0.287. The molecule has 3 nitrogen and oxygen atoms in total. The molecule has 2 atom stereocenters. The Kier molecular flexibility index (Phi) is 3.72. The normalized spacial score (nSPS) is 25.8. The molecule has 0 aromatic carbocycles. The van der Waals surface area contributed by atoms with Gasteiger partial charge in [0.2, 0.25) is 5.91 Å². The summed E-state index contributed by atoms with van der Waals surface area (Å²) in [6.45, 7) is 5.94. The minimum Gasteiger partial charge on any atom is -0.341 e. The summed E-state index contributed by atoms with van der Waals surface area (Å²) in [7, 11) is 0. The summed E-state index contributed by atoms with van der Waals surface area (Å²) in [5.41, 5.74) is 5.70. The van der Waals surface area contributed by atoms with E-state index in [0.717, 1.165) is 25.9 Å². The van der Waals surface area contributed by atoms with Crippen LogP contribution in [0.3, 0.4) is 0 Å². The van der Waals surface area contributed by atoms with Gasteiger partial charge in [0.15, 0.2) is 0 Å². The van der Waals surface area contributed by atoms with E-state index >= 15 is 0 Å². The molecule has 1 amide bonds. The number of rotatable bonds is 2. The molecule has 13 heavy (non-hydrogen) atoms. The number of nitrogens with two attached hydrogens (primary N) is 1. The van der Waals surface area contributed by atoms with Crippen molar-refractivity contribution >= 4 is 5.91 Å². The topological polar surface area (TPSA) is 46.3 Å². The smallest absolute Gasteiger partial charge is 0.239 e. The number of carbonyl (C=O) groups is 1. The van der Waals surface area contributed by atoms with Crippen LogP contribution in [0, 0.1) is 5.92 Å². The Bertz CT molecular complexity index is 182. The highest BCUT2D eigenvalue weighted by Gasteiger charge is 2.23. The maximum atomic E-state index is 11.7. The molecule has 0 aliphatic carbocycles. The van der Waals surface area contributed by atoms with Crippen LogP contribution in [0.1, 0.15) is 33.1 Å². The monoisotopic (exact) mass is 184 g/mol. The van der Waals surface area contributed by atoms with Crippen molar-refractivity contribution in [1.82, 2.24) is 4.90 Å². The molecule has 3 heteroatoms. The number of carbonyl (C=O) groups excluding carboxylic acids is 1. The second-order valence-electron chi connectivity index (χ2n) is 4.05. The van der Waals surface area contributed by atoms with Crippen molar-refractivity contribution in [2.24, 2.45) is 11.7 Å². The van der Waals surface area contributed by atoms with Gasteiger partial charge >= 0.3 is 0 Å². The van der Waals surface area contributed by atoms with Gasteiger partial charge in [0, 0.05) is 13.1 Å². The van der Waals surface area contributed by atoms with Crippen molar-refractivity contribution in [2.75, 3.05) is 13.1 Å². The summed E-state index contributed by atoms with van der Waals surface area (Å²) in [6, 6.07) is -0.287. The predicted octanol–water partition coefficient (Wildman–Crippen LogP) is 0.982. The van der Waals surface area contributed by atoms with E-state index in [4.69, 9.17) is 5.73 Å². The van der Waals surface area contributed by atoms with Crippen LogP contribution in [0.15, 0.2) is 0 Å². The molecule has 0 unspecified atom stereocenters. The van der Waals surface area contributed by atoms with Crippen molar-refractivity contribution in [3.8, 4) is 0 Å². The van der Waals surface area contributed by atoms with Gasteiger partial charge in [-0.15, -0.1) is 0 Å². The second-order valence-corrected chi connectivity index (χ2v) is 4.05. The van der Waals surface area contributed by atoms with Crippen LogP contribution in [0.25, 0.3) is 0 Å². The number of amides is 1. The Morgan fingerprint density at radius 3 is 2.92 bits per heavy atom. The van der Waals surface area contributed by atoms with Crippen LogP contribution < -0.4 is 5.73 Å². The summed E-state index contributed by atoms with van der Waals surface area (Å²) in [5, 5.41) is 0. The first-order valence-electron chi connectivity index (χ1n) is 5.19. The lowest BCUT2D eigenvalue weighted by atomic mass is 9.99. The first-order chi connectivity index (χ1) is 6.15. The number of nitrogens with zero attached hydrogens (tertiary/aromatic N) is 1. The summed E-state index contributed by atoms with van der Waals surface area (Å²) in [4.78, 5) is 13.6. The minimum absolute atomic E-state index is 0.133. The molecular formula is C10H20N2O. The highest BCUT2D eigenvalue weighted by atomic mass is 16.2. The predicted molar refractivity (Wildman–Crippen MR) is 53.2 cm³/mol. The van der Waals surface area contributed by atoms with Crippen molar-refractivity contribution in [1.29, 1.82) is 0 Å². The molecule has 1 aliphatic heterocycles. The van der Waals surface area contributed by atoms with Crippen LogP contribution in [0.4, 0.5) is 0 Å². The van der Waals surface area contributed by atoms with Gasteiger partial charge in [-0.3, -0.25) is 4.79 Å². The molecule has 0 spiro atoms. The van der Waals surface area contributed by atoms with Crippen molar-refractivity contribution in [3.63, 3.8) is 0 Å². The molecule has 1 aliphatic rings. The lowest BCUT2D eigenvalue weighted by Gasteiger charge is -2.32. The first kappa shape index (κ1) is 10.5. The molecule has 0 aromatic heterocycles. The Balaban J connectivity index is 2.46. The maximum Gasteiger partial charge on any atom is 0.239 e. The van der Waals surface area contributed by atoms with E-state index in [1.165, 1.54) is 6.42 Å². The van der Waals surface area contributed by atoms with Gasteiger partial charge in [0.05, 0.1) is 6.04 Å². The van der Waals surface area contributed by atoms with Gasteiger partial charge in [0.1, 0.15) is 0 Å². The summed E-state index contributed by atoms with van der Waals surface area (Å²) < 4.78 is 0. The summed E-state index contributed by atoms with van der Waals surface area (Å²) in [6.07, 6.45) is 3.11. The Morgan fingerprint density at radius 2 is 2.38 bits per heavy atom. The van der Waals surface area contributed by atoms with E-state index in [-0.39, 0.29) is 11.9 Å².